The van der Waals surface area contributed by atoms with Gasteiger partial charge in [-0.1, -0.05) is 0 Å². The maximum Gasteiger partial charge on any atom is 0.270 e. The molecule has 1 fully saturated rings. The van der Waals surface area contributed by atoms with E-state index < -0.39 is 0 Å². The Kier molecular flexibility index (Phi) is 3.89. The zero-order valence-electron chi connectivity index (χ0n) is 10.2. The van der Waals surface area contributed by atoms with Gasteiger partial charge in [0.05, 0.1) is 0 Å². The predicted octanol–water partition coefficient (Wildman–Crippen LogP) is 1.94. The second-order valence-electron chi connectivity index (χ2n) is 4.69. The maximum absolute atomic E-state index is 12.3. The standard InChI is InChI=1S/C12H18BrN3O/c1-9-8-15(2)4-3-5-16(9)12(17)11-6-10(13)7-14-11/h6-7,9,14H,3-5,8H2,1-2H3. The Balaban J connectivity index is 2.12. The number of aromatic amines is 1. The minimum absolute atomic E-state index is 0.0958. The third-order valence-corrected chi connectivity index (χ3v) is 3.64. The molecule has 0 aromatic carbocycles. The van der Waals surface area contributed by atoms with Crippen LogP contribution in [0, 0.1) is 0 Å². The molecule has 1 N–H and O–H groups in total. The van der Waals surface area contributed by atoms with Crippen LogP contribution >= 0.6 is 15.9 Å². The fourth-order valence-corrected chi connectivity index (χ4v) is 2.66. The molecule has 1 atom stereocenters. The van der Waals surface area contributed by atoms with Crippen LogP contribution in [0.15, 0.2) is 16.7 Å². The van der Waals surface area contributed by atoms with E-state index in [2.05, 4.69) is 39.8 Å². The lowest BCUT2D eigenvalue weighted by Crippen LogP contribution is -2.42. The third kappa shape index (κ3) is 2.90. The fourth-order valence-electron chi connectivity index (χ4n) is 2.32. The van der Waals surface area contributed by atoms with Gasteiger partial charge in [-0.2, -0.15) is 0 Å². The molecule has 1 aliphatic heterocycles. The average Bonchev–Trinajstić information content (AvgIpc) is 2.62. The number of aromatic nitrogens is 1. The lowest BCUT2D eigenvalue weighted by atomic mass is 10.2. The Morgan fingerprint density at radius 2 is 2.29 bits per heavy atom. The third-order valence-electron chi connectivity index (χ3n) is 3.19. The van der Waals surface area contributed by atoms with Crippen molar-refractivity contribution in [1.29, 1.82) is 0 Å². The Hall–Kier alpha value is -0.810. The molecule has 0 aliphatic carbocycles. The number of nitrogens with one attached hydrogen (secondary N) is 1. The van der Waals surface area contributed by atoms with Crippen molar-refractivity contribution in [3.63, 3.8) is 0 Å². The van der Waals surface area contributed by atoms with Crippen molar-refractivity contribution in [3.8, 4) is 0 Å². The van der Waals surface area contributed by atoms with Crippen molar-refractivity contribution >= 4 is 21.8 Å². The summed E-state index contributed by atoms with van der Waals surface area (Å²) in [4.78, 5) is 19.6. The number of amides is 1. The van der Waals surface area contributed by atoms with Gasteiger partial charge < -0.3 is 14.8 Å². The van der Waals surface area contributed by atoms with E-state index in [1.165, 1.54) is 0 Å². The number of likely N-dealkylation sites (N-methyl/N-ethyl adjacent to an activating group) is 1. The molecule has 1 saturated heterocycles. The molecule has 2 rings (SSSR count). The number of nitrogens with zero attached hydrogens (tertiary/aromatic N) is 2. The van der Waals surface area contributed by atoms with E-state index >= 15 is 0 Å². The van der Waals surface area contributed by atoms with Gasteiger partial charge in [-0.25, -0.2) is 0 Å². The lowest BCUT2D eigenvalue weighted by molar-refractivity contribution is 0.0691. The number of rotatable bonds is 1. The molecular weight excluding hydrogens is 282 g/mol. The second kappa shape index (κ2) is 5.23. The van der Waals surface area contributed by atoms with Gasteiger partial charge in [0.25, 0.3) is 5.91 Å². The topological polar surface area (TPSA) is 39.3 Å². The van der Waals surface area contributed by atoms with Crippen molar-refractivity contribution in [3.05, 3.63) is 22.4 Å². The average molecular weight is 300 g/mol. The Bertz CT molecular complexity index is 404. The van der Waals surface area contributed by atoms with Crippen LogP contribution in [0.1, 0.15) is 23.8 Å². The van der Waals surface area contributed by atoms with Gasteiger partial charge >= 0.3 is 0 Å². The van der Waals surface area contributed by atoms with E-state index in [9.17, 15) is 4.79 Å². The van der Waals surface area contributed by atoms with E-state index in [1.54, 1.807) is 6.20 Å². The summed E-state index contributed by atoms with van der Waals surface area (Å²) in [5.74, 6) is 0.0958. The number of halogens is 1. The van der Waals surface area contributed by atoms with Crippen molar-refractivity contribution in [2.75, 3.05) is 26.7 Å². The van der Waals surface area contributed by atoms with Crippen LogP contribution in [-0.2, 0) is 0 Å². The molecule has 0 spiro atoms. The summed E-state index contributed by atoms with van der Waals surface area (Å²) in [5.41, 5.74) is 0.660. The zero-order valence-corrected chi connectivity index (χ0v) is 11.8. The molecule has 4 nitrogen and oxygen atoms in total. The highest BCUT2D eigenvalue weighted by Crippen LogP contribution is 2.16. The van der Waals surface area contributed by atoms with Crippen LogP contribution in [0.2, 0.25) is 0 Å². The molecule has 1 aliphatic rings. The summed E-state index contributed by atoms with van der Waals surface area (Å²) in [7, 11) is 2.11. The summed E-state index contributed by atoms with van der Waals surface area (Å²) >= 11 is 3.35. The second-order valence-corrected chi connectivity index (χ2v) is 5.61. The van der Waals surface area contributed by atoms with Gasteiger partial charge in [-0.15, -0.1) is 0 Å². The number of hydrogen-bond donors (Lipinski definition) is 1. The summed E-state index contributed by atoms with van der Waals surface area (Å²) in [6.45, 7) is 4.94. The zero-order chi connectivity index (χ0) is 12.4. The van der Waals surface area contributed by atoms with E-state index in [0.29, 0.717) is 5.69 Å². The molecule has 5 heteroatoms. The first-order valence-corrected chi connectivity index (χ1v) is 6.70. The molecule has 0 radical (unpaired) electrons. The molecule has 17 heavy (non-hydrogen) atoms. The molecule has 2 heterocycles. The maximum atomic E-state index is 12.3. The number of carbonyl (C=O) groups excluding carboxylic acids is 1. The summed E-state index contributed by atoms with van der Waals surface area (Å²) in [6.07, 6.45) is 2.83. The quantitative estimate of drug-likeness (QED) is 0.861. The molecule has 0 saturated carbocycles. The molecular formula is C12H18BrN3O. The van der Waals surface area contributed by atoms with Crippen LogP contribution in [0.5, 0.6) is 0 Å². The monoisotopic (exact) mass is 299 g/mol. The highest BCUT2D eigenvalue weighted by molar-refractivity contribution is 9.10. The first-order valence-electron chi connectivity index (χ1n) is 5.91. The van der Waals surface area contributed by atoms with Gasteiger partial charge in [-0.05, 0) is 48.9 Å². The smallest absolute Gasteiger partial charge is 0.270 e. The van der Waals surface area contributed by atoms with E-state index in [1.807, 2.05) is 11.0 Å². The van der Waals surface area contributed by atoms with Crippen molar-refractivity contribution in [2.45, 2.75) is 19.4 Å². The predicted molar refractivity (Wildman–Crippen MR) is 71.1 cm³/mol. The van der Waals surface area contributed by atoms with E-state index in [4.69, 9.17) is 0 Å². The molecule has 1 aromatic rings. The van der Waals surface area contributed by atoms with Gasteiger partial charge in [-0.3, -0.25) is 4.79 Å². The van der Waals surface area contributed by atoms with Crippen LogP contribution in [-0.4, -0.2) is 53.4 Å². The first kappa shape index (κ1) is 12.6. The minimum atomic E-state index is 0.0958. The highest BCUT2D eigenvalue weighted by atomic mass is 79.9. The summed E-state index contributed by atoms with van der Waals surface area (Å²) < 4.78 is 0.917. The van der Waals surface area contributed by atoms with E-state index in [0.717, 1.165) is 30.5 Å². The van der Waals surface area contributed by atoms with Crippen molar-refractivity contribution in [1.82, 2.24) is 14.8 Å². The van der Waals surface area contributed by atoms with Gasteiger partial charge in [0.1, 0.15) is 5.69 Å². The summed E-state index contributed by atoms with van der Waals surface area (Å²) in [5, 5.41) is 0. The van der Waals surface area contributed by atoms with E-state index in [-0.39, 0.29) is 11.9 Å². The van der Waals surface area contributed by atoms with Gasteiger partial charge in [0.15, 0.2) is 0 Å². The minimum Gasteiger partial charge on any atom is -0.356 e. The Labute approximate surface area is 110 Å². The highest BCUT2D eigenvalue weighted by Gasteiger charge is 2.25. The SMILES string of the molecule is CC1CN(C)CCCN1C(=O)c1cc(Br)c[nH]1. The van der Waals surface area contributed by atoms with Gasteiger partial charge in [0, 0.05) is 29.8 Å². The summed E-state index contributed by atoms with van der Waals surface area (Å²) in [6, 6.07) is 2.10. The van der Waals surface area contributed by atoms with Crippen molar-refractivity contribution in [2.24, 2.45) is 0 Å². The van der Waals surface area contributed by atoms with Crippen LogP contribution < -0.4 is 0 Å². The van der Waals surface area contributed by atoms with Crippen LogP contribution in [0.4, 0.5) is 0 Å². The number of carbonyl (C=O) groups is 1. The lowest BCUT2D eigenvalue weighted by Gasteiger charge is -2.27. The van der Waals surface area contributed by atoms with Crippen LogP contribution in [0.25, 0.3) is 0 Å². The molecule has 1 unspecified atom stereocenters. The normalized spacial score (nSPS) is 22.5. The van der Waals surface area contributed by atoms with Crippen molar-refractivity contribution < 1.29 is 4.79 Å². The Morgan fingerprint density at radius 3 is 2.94 bits per heavy atom. The number of hydrogen-bond acceptors (Lipinski definition) is 2. The largest absolute Gasteiger partial charge is 0.356 e. The molecule has 94 valence electrons. The molecule has 0 bridgehead atoms. The van der Waals surface area contributed by atoms with Crippen LogP contribution in [0.3, 0.4) is 0 Å². The Morgan fingerprint density at radius 1 is 1.53 bits per heavy atom. The molecule has 1 amide bonds. The molecule has 1 aromatic heterocycles. The number of H-pyrrole nitrogens is 1. The fraction of sp³-hybridized carbons (Fsp3) is 0.583. The first-order chi connectivity index (χ1) is 8.08. The van der Waals surface area contributed by atoms with Gasteiger partial charge in [0.2, 0.25) is 0 Å².